The molecule has 0 saturated heterocycles. The van der Waals surface area contributed by atoms with Gasteiger partial charge in [0.15, 0.2) is 0 Å². The maximum absolute atomic E-state index is 13.8. The second-order valence-corrected chi connectivity index (χ2v) is 8.58. The molecule has 1 amide bonds. The smallest absolute Gasteiger partial charge is 0.280 e. The molecule has 0 radical (unpaired) electrons. The molecular formula is C30H32N4O2. The Balaban J connectivity index is 1.87. The largest absolute Gasteiger partial charge is 0.372 e. The predicted octanol–water partition coefficient (Wildman–Crippen LogP) is 6.00. The molecule has 0 unspecified atom stereocenters. The zero-order chi connectivity index (χ0) is 25.7. The molecule has 4 aromatic rings. The molecule has 0 bridgehead atoms. The van der Waals surface area contributed by atoms with E-state index >= 15 is 0 Å². The van der Waals surface area contributed by atoms with Gasteiger partial charge in [-0.05, 0) is 57.0 Å². The standard InChI is InChI=1S/C30H32N4O2/c1-5-33(6-2)24-18-19-25(21(4)20-24)31-29(35)27-26(22-14-10-8-11-15-22)28(23-16-12-9-13-17-23)32-34(7-3)30(27)36/h8-20H,5-7H2,1-4H3,(H,31,35). The van der Waals surface area contributed by atoms with E-state index in [1.54, 1.807) is 0 Å². The lowest BCUT2D eigenvalue weighted by Gasteiger charge is -2.22. The lowest BCUT2D eigenvalue weighted by atomic mass is 9.95. The van der Waals surface area contributed by atoms with Crippen LogP contribution in [0, 0.1) is 6.92 Å². The van der Waals surface area contributed by atoms with Gasteiger partial charge in [-0.15, -0.1) is 0 Å². The van der Waals surface area contributed by atoms with Gasteiger partial charge in [0.2, 0.25) is 0 Å². The lowest BCUT2D eigenvalue weighted by Crippen LogP contribution is -2.32. The number of nitrogens with one attached hydrogen (secondary N) is 1. The highest BCUT2D eigenvalue weighted by molar-refractivity contribution is 6.10. The fourth-order valence-electron chi connectivity index (χ4n) is 4.44. The number of carbonyl (C=O) groups is 1. The Kier molecular flexibility index (Phi) is 7.64. The summed E-state index contributed by atoms with van der Waals surface area (Å²) in [5.41, 5.74) is 5.13. The highest BCUT2D eigenvalue weighted by Crippen LogP contribution is 2.33. The fraction of sp³-hybridized carbons (Fsp3) is 0.233. The molecule has 0 spiro atoms. The van der Waals surface area contributed by atoms with Gasteiger partial charge in [0.25, 0.3) is 11.5 Å². The summed E-state index contributed by atoms with van der Waals surface area (Å²) >= 11 is 0. The topological polar surface area (TPSA) is 67.2 Å². The number of hydrogen-bond acceptors (Lipinski definition) is 4. The first kappa shape index (κ1) is 24.9. The molecule has 0 saturated carbocycles. The summed E-state index contributed by atoms with van der Waals surface area (Å²) in [5, 5.41) is 7.68. The molecule has 36 heavy (non-hydrogen) atoms. The Labute approximate surface area is 212 Å². The van der Waals surface area contributed by atoms with Crippen molar-refractivity contribution in [1.82, 2.24) is 9.78 Å². The Hall–Kier alpha value is -4.19. The molecule has 6 nitrogen and oxygen atoms in total. The Morgan fingerprint density at radius 2 is 1.50 bits per heavy atom. The lowest BCUT2D eigenvalue weighted by molar-refractivity contribution is 0.102. The molecule has 4 rings (SSSR count). The van der Waals surface area contributed by atoms with Gasteiger partial charge < -0.3 is 10.2 Å². The first-order chi connectivity index (χ1) is 17.5. The monoisotopic (exact) mass is 480 g/mol. The third-order valence-corrected chi connectivity index (χ3v) is 6.38. The third kappa shape index (κ3) is 4.93. The molecule has 3 aromatic carbocycles. The van der Waals surface area contributed by atoms with Gasteiger partial charge in [-0.2, -0.15) is 5.10 Å². The van der Waals surface area contributed by atoms with E-state index in [1.165, 1.54) is 4.68 Å². The van der Waals surface area contributed by atoms with Crippen LogP contribution in [0.25, 0.3) is 22.4 Å². The number of rotatable bonds is 8. The van der Waals surface area contributed by atoms with E-state index in [2.05, 4.69) is 35.2 Å². The van der Waals surface area contributed by atoms with Crippen LogP contribution in [-0.4, -0.2) is 28.8 Å². The van der Waals surface area contributed by atoms with Crippen molar-refractivity contribution in [2.45, 2.75) is 34.2 Å². The molecule has 1 N–H and O–H groups in total. The summed E-state index contributed by atoms with van der Waals surface area (Å²) in [6.07, 6.45) is 0. The van der Waals surface area contributed by atoms with E-state index in [9.17, 15) is 9.59 Å². The van der Waals surface area contributed by atoms with Crippen molar-refractivity contribution in [3.05, 3.63) is 100 Å². The fourth-order valence-corrected chi connectivity index (χ4v) is 4.44. The van der Waals surface area contributed by atoms with Crippen LogP contribution in [0.2, 0.25) is 0 Å². The first-order valence-electron chi connectivity index (χ1n) is 12.4. The zero-order valence-electron chi connectivity index (χ0n) is 21.3. The summed E-state index contributed by atoms with van der Waals surface area (Å²) in [6, 6.07) is 25.1. The molecule has 0 fully saturated rings. The van der Waals surface area contributed by atoms with Crippen LogP contribution in [0.3, 0.4) is 0 Å². The molecule has 1 heterocycles. The Bertz CT molecular complexity index is 1410. The van der Waals surface area contributed by atoms with Crippen LogP contribution < -0.4 is 15.8 Å². The Morgan fingerprint density at radius 3 is 2.06 bits per heavy atom. The normalized spacial score (nSPS) is 10.8. The van der Waals surface area contributed by atoms with Gasteiger partial charge >= 0.3 is 0 Å². The minimum absolute atomic E-state index is 0.0872. The summed E-state index contributed by atoms with van der Waals surface area (Å²) in [4.78, 5) is 29.6. The van der Waals surface area contributed by atoms with E-state index in [1.807, 2.05) is 86.6 Å². The van der Waals surface area contributed by atoms with E-state index in [0.29, 0.717) is 23.5 Å². The summed E-state index contributed by atoms with van der Waals surface area (Å²) in [6.45, 7) is 10.2. The predicted molar refractivity (Wildman–Crippen MR) is 148 cm³/mol. The zero-order valence-corrected chi connectivity index (χ0v) is 21.3. The second kappa shape index (κ2) is 11.0. The molecule has 6 heteroatoms. The quantitative estimate of drug-likeness (QED) is 0.336. The van der Waals surface area contributed by atoms with Crippen LogP contribution in [0.5, 0.6) is 0 Å². The summed E-state index contributed by atoms with van der Waals surface area (Å²) < 4.78 is 1.36. The average molecular weight is 481 g/mol. The molecule has 1 aromatic heterocycles. The van der Waals surface area contributed by atoms with Gasteiger partial charge in [0, 0.05) is 42.1 Å². The number of aromatic nitrogens is 2. The van der Waals surface area contributed by atoms with E-state index in [0.717, 1.165) is 35.5 Å². The van der Waals surface area contributed by atoms with Gasteiger partial charge in [-0.1, -0.05) is 60.7 Å². The second-order valence-electron chi connectivity index (χ2n) is 8.58. The number of anilines is 2. The third-order valence-electron chi connectivity index (χ3n) is 6.38. The van der Waals surface area contributed by atoms with Crippen LogP contribution in [0.1, 0.15) is 36.7 Å². The average Bonchev–Trinajstić information content (AvgIpc) is 2.91. The molecule has 0 aliphatic carbocycles. The minimum Gasteiger partial charge on any atom is -0.372 e. The highest BCUT2D eigenvalue weighted by atomic mass is 16.2. The van der Waals surface area contributed by atoms with Crippen molar-refractivity contribution < 1.29 is 4.79 Å². The molecule has 0 aliphatic rings. The summed E-state index contributed by atoms with van der Waals surface area (Å²) in [5.74, 6) is -0.445. The Morgan fingerprint density at radius 1 is 0.889 bits per heavy atom. The van der Waals surface area contributed by atoms with Crippen LogP contribution in [0.15, 0.2) is 83.7 Å². The van der Waals surface area contributed by atoms with Crippen molar-refractivity contribution in [3.8, 4) is 22.4 Å². The molecule has 184 valence electrons. The van der Waals surface area contributed by atoms with Crippen LogP contribution >= 0.6 is 0 Å². The van der Waals surface area contributed by atoms with E-state index < -0.39 is 11.5 Å². The highest BCUT2D eigenvalue weighted by Gasteiger charge is 2.25. The van der Waals surface area contributed by atoms with Crippen molar-refractivity contribution >= 4 is 17.3 Å². The number of hydrogen-bond donors (Lipinski definition) is 1. The first-order valence-corrected chi connectivity index (χ1v) is 12.4. The molecular weight excluding hydrogens is 448 g/mol. The minimum atomic E-state index is -0.445. The maximum atomic E-state index is 13.8. The van der Waals surface area contributed by atoms with Gasteiger partial charge in [0.1, 0.15) is 5.56 Å². The van der Waals surface area contributed by atoms with Gasteiger partial charge in [0.05, 0.1) is 5.69 Å². The summed E-state index contributed by atoms with van der Waals surface area (Å²) in [7, 11) is 0. The van der Waals surface area contributed by atoms with Crippen LogP contribution in [0.4, 0.5) is 11.4 Å². The van der Waals surface area contributed by atoms with Gasteiger partial charge in [-0.25, -0.2) is 4.68 Å². The van der Waals surface area contributed by atoms with Crippen molar-refractivity contribution in [1.29, 1.82) is 0 Å². The number of aryl methyl sites for hydroxylation is 2. The molecule has 0 atom stereocenters. The van der Waals surface area contributed by atoms with Crippen LogP contribution in [-0.2, 0) is 6.54 Å². The molecule has 0 aliphatic heterocycles. The number of amides is 1. The number of carbonyl (C=O) groups excluding carboxylic acids is 1. The van der Waals surface area contributed by atoms with E-state index in [4.69, 9.17) is 0 Å². The van der Waals surface area contributed by atoms with Crippen molar-refractivity contribution in [2.24, 2.45) is 0 Å². The number of benzene rings is 3. The van der Waals surface area contributed by atoms with Crippen molar-refractivity contribution in [3.63, 3.8) is 0 Å². The maximum Gasteiger partial charge on any atom is 0.280 e. The van der Waals surface area contributed by atoms with Gasteiger partial charge in [-0.3, -0.25) is 9.59 Å². The number of nitrogens with zero attached hydrogens (tertiary/aromatic N) is 3. The van der Waals surface area contributed by atoms with Crippen molar-refractivity contribution in [2.75, 3.05) is 23.3 Å². The SMILES string of the molecule is CCN(CC)c1ccc(NC(=O)c2c(-c3ccccc3)c(-c3ccccc3)nn(CC)c2=O)c(C)c1. The van der Waals surface area contributed by atoms with E-state index in [-0.39, 0.29) is 5.56 Å².